The summed E-state index contributed by atoms with van der Waals surface area (Å²) < 4.78 is 4.98. The fourth-order valence-corrected chi connectivity index (χ4v) is 2.37. The number of hydrogen-bond acceptors (Lipinski definition) is 4. The Bertz CT molecular complexity index is 400. The van der Waals surface area contributed by atoms with Crippen LogP contribution >= 0.6 is 0 Å². The number of urea groups is 1. The first-order valence-electron chi connectivity index (χ1n) is 7.20. The van der Waals surface area contributed by atoms with Crippen molar-refractivity contribution in [2.75, 3.05) is 19.7 Å². The van der Waals surface area contributed by atoms with Crippen LogP contribution in [0, 0.1) is 5.92 Å². The van der Waals surface area contributed by atoms with Crippen molar-refractivity contribution in [1.29, 1.82) is 0 Å². The lowest BCUT2D eigenvalue weighted by atomic mass is 9.97. The Labute approximate surface area is 124 Å². The summed E-state index contributed by atoms with van der Waals surface area (Å²) in [6.07, 6.45) is 1.01. The van der Waals surface area contributed by atoms with Gasteiger partial charge in [0.2, 0.25) is 0 Å². The Morgan fingerprint density at radius 3 is 2.33 bits per heavy atom. The summed E-state index contributed by atoms with van der Waals surface area (Å²) in [6.45, 7) is 6.42. The molecule has 1 rings (SSSR count). The molecule has 0 unspecified atom stereocenters. The number of likely N-dealkylation sites (tertiary alicyclic amines) is 1. The maximum Gasteiger partial charge on any atom is 0.317 e. The van der Waals surface area contributed by atoms with Crippen LogP contribution in [0.1, 0.15) is 40.0 Å². The summed E-state index contributed by atoms with van der Waals surface area (Å²) in [4.78, 5) is 36.1. The molecule has 1 aliphatic heterocycles. The summed E-state index contributed by atoms with van der Waals surface area (Å²) in [7, 11) is 0. The largest absolute Gasteiger partial charge is 0.481 e. The molecule has 0 aromatic heterocycles. The second-order valence-electron chi connectivity index (χ2n) is 5.90. The lowest BCUT2D eigenvalue weighted by molar-refractivity contribution is -0.149. The van der Waals surface area contributed by atoms with E-state index in [9.17, 15) is 14.4 Å². The van der Waals surface area contributed by atoms with Gasteiger partial charge in [-0.1, -0.05) is 0 Å². The number of amides is 2. The predicted molar refractivity (Wildman–Crippen MR) is 75.8 cm³/mol. The first kappa shape index (κ1) is 17.3. The van der Waals surface area contributed by atoms with Crippen molar-refractivity contribution in [3.05, 3.63) is 0 Å². The number of rotatable bonds is 5. The summed E-state index contributed by atoms with van der Waals surface area (Å²) >= 11 is 0. The number of carbonyl (C=O) groups is 3. The number of nitrogens with one attached hydrogen (secondary N) is 1. The number of carboxylic acids is 1. The van der Waals surface area contributed by atoms with Crippen LogP contribution < -0.4 is 5.32 Å². The van der Waals surface area contributed by atoms with Crippen molar-refractivity contribution >= 4 is 18.0 Å². The molecule has 0 atom stereocenters. The summed E-state index contributed by atoms with van der Waals surface area (Å²) in [6, 6.07) is -0.288. The van der Waals surface area contributed by atoms with Crippen LogP contribution in [0.3, 0.4) is 0 Å². The van der Waals surface area contributed by atoms with Crippen LogP contribution in [0.15, 0.2) is 0 Å². The highest BCUT2D eigenvalue weighted by Gasteiger charge is 2.31. The monoisotopic (exact) mass is 300 g/mol. The van der Waals surface area contributed by atoms with E-state index >= 15 is 0 Å². The van der Waals surface area contributed by atoms with Crippen LogP contribution in [0.4, 0.5) is 4.79 Å². The highest BCUT2D eigenvalue weighted by molar-refractivity contribution is 5.77. The Morgan fingerprint density at radius 2 is 1.86 bits per heavy atom. The van der Waals surface area contributed by atoms with Crippen LogP contribution in [-0.2, 0) is 14.3 Å². The van der Waals surface area contributed by atoms with E-state index in [1.165, 1.54) is 0 Å². The van der Waals surface area contributed by atoms with E-state index in [0.717, 1.165) is 0 Å². The molecule has 0 aromatic rings. The van der Waals surface area contributed by atoms with E-state index in [0.29, 0.717) is 32.5 Å². The first-order valence-corrected chi connectivity index (χ1v) is 7.20. The van der Waals surface area contributed by atoms with E-state index in [-0.39, 0.29) is 24.3 Å². The van der Waals surface area contributed by atoms with Gasteiger partial charge in [0.15, 0.2) is 0 Å². The number of esters is 1. The average molecular weight is 300 g/mol. The molecule has 2 amide bonds. The molecular weight excluding hydrogens is 276 g/mol. The fourth-order valence-electron chi connectivity index (χ4n) is 2.37. The van der Waals surface area contributed by atoms with Crippen LogP contribution in [0.5, 0.6) is 0 Å². The van der Waals surface area contributed by atoms with Gasteiger partial charge in [-0.05, 0) is 33.6 Å². The maximum absolute atomic E-state index is 12.1. The molecule has 2 N–H and O–H groups in total. The normalized spacial score (nSPS) is 16.4. The standard InChI is InChI=1S/C14H24N2O5/c1-4-21-12(19)10-5-7-16(8-6-10)13(20)15-14(2,3)9-11(17)18/h10H,4-9H2,1-3H3,(H,15,20)(H,17,18). The van der Waals surface area contributed by atoms with E-state index in [2.05, 4.69) is 5.32 Å². The van der Waals surface area contributed by atoms with Crippen LogP contribution in [0.25, 0.3) is 0 Å². The van der Waals surface area contributed by atoms with Gasteiger partial charge in [-0.2, -0.15) is 0 Å². The molecule has 0 bridgehead atoms. The maximum atomic E-state index is 12.1. The Morgan fingerprint density at radius 1 is 1.29 bits per heavy atom. The van der Waals surface area contributed by atoms with Gasteiger partial charge >= 0.3 is 18.0 Å². The highest BCUT2D eigenvalue weighted by atomic mass is 16.5. The van der Waals surface area contributed by atoms with Crippen molar-refractivity contribution < 1.29 is 24.2 Å². The number of nitrogens with zero attached hydrogens (tertiary/aromatic N) is 1. The second kappa shape index (κ2) is 7.28. The minimum absolute atomic E-state index is 0.141. The predicted octanol–water partition coefficient (Wildman–Crippen LogP) is 1.22. The third-order valence-electron chi connectivity index (χ3n) is 3.44. The molecule has 7 heteroatoms. The zero-order chi connectivity index (χ0) is 16.0. The van der Waals surface area contributed by atoms with Gasteiger partial charge in [0.25, 0.3) is 0 Å². The number of ether oxygens (including phenoxy) is 1. The van der Waals surface area contributed by atoms with Gasteiger partial charge in [0, 0.05) is 18.6 Å². The van der Waals surface area contributed by atoms with Gasteiger partial charge in [-0.3, -0.25) is 9.59 Å². The third-order valence-corrected chi connectivity index (χ3v) is 3.44. The van der Waals surface area contributed by atoms with E-state index in [1.807, 2.05) is 0 Å². The van der Waals surface area contributed by atoms with Gasteiger partial charge < -0.3 is 20.1 Å². The molecule has 0 radical (unpaired) electrons. The van der Waals surface area contributed by atoms with E-state index in [1.54, 1.807) is 25.7 Å². The minimum atomic E-state index is -0.957. The fraction of sp³-hybridized carbons (Fsp3) is 0.786. The molecular formula is C14H24N2O5. The van der Waals surface area contributed by atoms with Crippen molar-refractivity contribution in [2.45, 2.75) is 45.6 Å². The molecule has 120 valence electrons. The molecule has 1 aliphatic rings. The zero-order valence-electron chi connectivity index (χ0n) is 12.8. The summed E-state index contributed by atoms with van der Waals surface area (Å²) in [5.41, 5.74) is -0.805. The van der Waals surface area contributed by atoms with Gasteiger partial charge in [0.1, 0.15) is 0 Å². The molecule has 21 heavy (non-hydrogen) atoms. The van der Waals surface area contributed by atoms with Gasteiger partial charge in [0.05, 0.1) is 18.9 Å². The number of piperidine rings is 1. The molecule has 1 heterocycles. The Balaban J connectivity index is 2.45. The average Bonchev–Trinajstić information content (AvgIpc) is 2.37. The Kier molecular flexibility index (Phi) is 5.99. The summed E-state index contributed by atoms with van der Waals surface area (Å²) in [5.74, 6) is -1.31. The van der Waals surface area contributed by atoms with Crippen molar-refractivity contribution in [3.8, 4) is 0 Å². The topological polar surface area (TPSA) is 95.9 Å². The molecule has 1 saturated heterocycles. The Hall–Kier alpha value is -1.79. The zero-order valence-corrected chi connectivity index (χ0v) is 12.8. The first-order chi connectivity index (χ1) is 9.75. The smallest absolute Gasteiger partial charge is 0.317 e. The molecule has 1 fully saturated rings. The summed E-state index contributed by atoms with van der Waals surface area (Å²) in [5, 5.41) is 11.5. The SMILES string of the molecule is CCOC(=O)C1CCN(C(=O)NC(C)(C)CC(=O)O)CC1. The lowest BCUT2D eigenvalue weighted by Gasteiger charge is -2.34. The third kappa shape index (κ3) is 5.61. The molecule has 0 saturated carbocycles. The van der Waals surface area contributed by atoms with Crippen LogP contribution in [-0.4, -0.2) is 53.2 Å². The number of hydrogen-bond donors (Lipinski definition) is 2. The van der Waals surface area contributed by atoms with E-state index < -0.39 is 11.5 Å². The highest BCUT2D eigenvalue weighted by Crippen LogP contribution is 2.19. The van der Waals surface area contributed by atoms with Crippen molar-refractivity contribution in [3.63, 3.8) is 0 Å². The number of aliphatic carboxylic acids is 1. The van der Waals surface area contributed by atoms with Gasteiger partial charge in [-0.15, -0.1) is 0 Å². The van der Waals surface area contributed by atoms with Crippen molar-refractivity contribution in [2.24, 2.45) is 5.92 Å². The molecule has 0 aliphatic carbocycles. The molecule has 0 aromatic carbocycles. The second-order valence-corrected chi connectivity index (χ2v) is 5.90. The van der Waals surface area contributed by atoms with Crippen molar-refractivity contribution in [1.82, 2.24) is 10.2 Å². The van der Waals surface area contributed by atoms with E-state index in [4.69, 9.17) is 9.84 Å². The van der Waals surface area contributed by atoms with Gasteiger partial charge in [-0.25, -0.2) is 4.79 Å². The lowest BCUT2D eigenvalue weighted by Crippen LogP contribution is -2.53. The van der Waals surface area contributed by atoms with Crippen LogP contribution in [0.2, 0.25) is 0 Å². The molecule has 7 nitrogen and oxygen atoms in total. The minimum Gasteiger partial charge on any atom is -0.481 e. The quantitative estimate of drug-likeness (QED) is 0.744. The molecule has 0 spiro atoms. The number of carbonyl (C=O) groups excluding carboxylic acids is 2. The number of carboxylic acid groups (broad SMARTS) is 1.